The molecular formula is C17H28ClNO2. The summed E-state index contributed by atoms with van der Waals surface area (Å²) in [6.45, 7) is 5.21. The van der Waals surface area contributed by atoms with Gasteiger partial charge in [0.2, 0.25) is 0 Å². The van der Waals surface area contributed by atoms with Crippen molar-refractivity contribution >= 4 is 11.6 Å². The Bertz CT molecular complexity index is 423. The Hall–Kier alpha value is -0.930. The minimum Gasteiger partial charge on any atom is -0.493 e. The lowest BCUT2D eigenvalue weighted by molar-refractivity contribution is 0.354. The van der Waals surface area contributed by atoms with E-state index in [1.165, 1.54) is 32.1 Å². The number of hydrogen-bond donors (Lipinski definition) is 1. The van der Waals surface area contributed by atoms with Gasteiger partial charge in [-0.25, -0.2) is 0 Å². The van der Waals surface area contributed by atoms with Crippen LogP contribution in [-0.4, -0.2) is 20.3 Å². The van der Waals surface area contributed by atoms with Gasteiger partial charge in [0.05, 0.1) is 19.2 Å². The molecule has 0 aliphatic rings. The van der Waals surface area contributed by atoms with Gasteiger partial charge >= 0.3 is 0 Å². The Kier molecular flexibility index (Phi) is 8.55. The standard InChI is InChI=1S/C17H28ClNO2/c1-5-7-9-14(8-6-2)19-12-13-10-11-15(20-3)17(21-4)16(13)18/h10-11,14,19H,5-9,12H2,1-4H3. The lowest BCUT2D eigenvalue weighted by Gasteiger charge is -2.19. The summed E-state index contributed by atoms with van der Waals surface area (Å²) in [5.41, 5.74) is 1.05. The SMILES string of the molecule is CCCCC(CCC)NCc1ccc(OC)c(OC)c1Cl. The second-order valence-corrected chi connectivity index (χ2v) is 5.66. The molecule has 0 aromatic heterocycles. The number of rotatable bonds is 10. The molecule has 0 spiro atoms. The third kappa shape index (κ3) is 5.40. The van der Waals surface area contributed by atoms with E-state index in [9.17, 15) is 0 Å². The summed E-state index contributed by atoms with van der Waals surface area (Å²) in [4.78, 5) is 0. The molecule has 1 rings (SSSR count). The summed E-state index contributed by atoms with van der Waals surface area (Å²) in [7, 11) is 3.23. The number of benzene rings is 1. The molecule has 1 aromatic carbocycles. The highest BCUT2D eigenvalue weighted by atomic mass is 35.5. The first kappa shape index (κ1) is 18.1. The molecular weight excluding hydrogens is 286 g/mol. The Morgan fingerprint density at radius 3 is 2.43 bits per heavy atom. The Labute approximate surface area is 134 Å². The lowest BCUT2D eigenvalue weighted by atomic mass is 10.0. The van der Waals surface area contributed by atoms with Crippen LogP contribution in [0.2, 0.25) is 5.02 Å². The summed E-state index contributed by atoms with van der Waals surface area (Å²) >= 11 is 6.41. The van der Waals surface area contributed by atoms with Gasteiger partial charge in [0, 0.05) is 12.6 Å². The zero-order valence-electron chi connectivity index (χ0n) is 13.7. The van der Waals surface area contributed by atoms with E-state index in [1.54, 1.807) is 14.2 Å². The monoisotopic (exact) mass is 313 g/mol. The molecule has 3 nitrogen and oxygen atoms in total. The molecule has 1 atom stereocenters. The second kappa shape index (κ2) is 9.91. The van der Waals surface area contributed by atoms with Crippen LogP contribution in [0.1, 0.15) is 51.5 Å². The number of hydrogen-bond acceptors (Lipinski definition) is 3. The van der Waals surface area contributed by atoms with Gasteiger partial charge in [0.25, 0.3) is 0 Å². The molecule has 0 aliphatic heterocycles. The van der Waals surface area contributed by atoms with Gasteiger partial charge in [-0.05, 0) is 24.5 Å². The van der Waals surface area contributed by atoms with Crippen molar-refractivity contribution in [2.45, 2.75) is 58.5 Å². The topological polar surface area (TPSA) is 30.5 Å². The molecule has 0 radical (unpaired) electrons. The van der Waals surface area contributed by atoms with Crippen molar-refractivity contribution in [2.24, 2.45) is 0 Å². The smallest absolute Gasteiger partial charge is 0.179 e. The van der Waals surface area contributed by atoms with Gasteiger partial charge in [-0.1, -0.05) is 50.8 Å². The average molecular weight is 314 g/mol. The van der Waals surface area contributed by atoms with Crippen molar-refractivity contribution < 1.29 is 9.47 Å². The first-order chi connectivity index (χ1) is 10.2. The maximum atomic E-state index is 6.41. The van der Waals surface area contributed by atoms with E-state index in [1.807, 2.05) is 12.1 Å². The van der Waals surface area contributed by atoms with E-state index in [0.717, 1.165) is 12.1 Å². The van der Waals surface area contributed by atoms with E-state index < -0.39 is 0 Å². The summed E-state index contributed by atoms with van der Waals surface area (Å²) in [5.74, 6) is 1.28. The van der Waals surface area contributed by atoms with E-state index >= 15 is 0 Å². The van der Waals surface area contributed by atoms with E-state index in [2.05, 4.69) is 19.2 Å². The molecule has 1 aromatic rings. The molecule has 4 heteroatoms. The van der Waals surface area contributed by atoms with Gasteiger partial charge in [0.15, 0.2) is 11.5 Å². The predicted molar refractivity (Wildman–Crippen MR) is 89.6 cm³/mol. The van der Waals surface area contributed by atoms with Crippen molar-refractivity contribution in [3.05, 3.63) is 22.7 Å². The van der Waals surface area contributed by atoms with Crippen LogP contribution in [0.5, 0.6) is 11.5 Å². The van der Waals surface area contributed by atoms with Gasteiger partial charge in [-0.2, -0.15) is 0 Å². The van der Waals surface area contributed by atoms with Crippen LogP contribution >= 0.6 is 11.6 Å². The fraction of sp³-hybridized carbons (Fsp3) is 0.647. The first-order valence-electron chi connectivity index (χ1n) is 7.80. The number of nitrogens with one attached hydrogen (secondary N) is 1. The van der Waals surface area contributed by atoms with Gasteiger partial charge in [-0.3, -0.25) is 0 Å². The van der Waals surface area contributed by atoms with Gasteiger partial charge in [-0.15, -0.1) is 0 Å². The minimum absolute atomic E-state index is 0.555. The number of halogens is 1. The normalized spacial score (nSPS) is 12.2. The highest BCUT2D eigenvalue weighted by Gasteiger charge is 2.14. The van der Waals surface area contributed by atoms with Crippen LogP contribution in [0.15, 0.2) is 12.1 Å². The second-order valence-electron chi connectivity index (χ2n) is 5.28. The largest absolute Gasteiger partial charge is 0.493 e. The molecule has 0 amide bonds. The fourth-order valence-corrected chi connectivity index (χ4v) is 2.77. The number of methoxy groups -OCH3 is 2. The maximum absolute atomic E-state index is 6.41. The van der Waals surface area contributed by atoms with Crippen molar-refractivity contribution in [1.82, 2.24) is 5.32 Å². The van der Waals surface area contributed by atoms with E-state index in [0.29, 0.717) is 22.6 Å². The molecule has 0 saturated heterocycles. The molecule has 0 heterocycles. The van der Waals surface area contributed by atoms with Crippen molar-refractivity contribution in [2.75, 3.05) is 14.2 Å². The Morgan fingerprint density at radius 2 is 1.86 bits per heavy atom. The van der Waals surface area contributed by atoms with Crippen LogP contribution in [-0.2, 0) is 6.54 Å². The molecule has 0 aliphatic carbocycles. The predicted octanol–water partition coefficient (Wildman–Crippen LogP) is 4.81. The molecule has 0 fully saturated rings. The van der Waals surface area contributed by atoms with Gasteiger partial charge in [0.1, 0.15) is 0 Å². The Balaban J connectivity index is 2.73. The Morgan fingerprint density at radius 1 is 1.10 bits per heavy atom. The lowest BCUT2D eigenvalue weighted by Crippen LogP contribution is -2.28. The fourth-order valence-electron chi connectivity index (χ4n) is 2.47. The molecule has 0 bridgehead atoms. The number of ether oxygens (including phenoxy) is 2. The average Bonchev–Trinajstić information content (AvgIpc) is 2.50. The third-order valence-corrected chi connectivity index (χ3v) is 4.10. The third-order valence-electron chi connectivity index (χ3n) is 3.69. The number of unbranched alkanes of at least 4 members (excludes halogenated alkanes) is 1. The summed E-state index contributed by atoms with van der Waals surface area (Å²) < 4.78 is 10.6. The van der Waals surface area contributed by atoms with Crippen LogP contribution in [0.25, 0.3) is 0 Å². The van der Waals surface area contributed by atoms with E-state index in [-0.39, 0.29) is 0 Å². The zero-order chi connectivity index (χ0) is 15.7. The van der Waals surface area contributed by atoms with Crippen molar-refractivity contribution in [1.29, 1.82) is 0 Å². The quantitative estimate of drug-likeness (QED) is 0.672. The van der Waals surface area contributed by atoms with Crippen molar-refractivity contribution in [3.63, 3.8) is 0 Å². The summed E-state index contributed by atoms with van der Waals surface area (Å²) in [6, 6.07) is 4.46. The zero-order valence-corrected chi connectivity index (χ0v) is 14.4. The minimum atomic E-state index is 0.555. The van der Waals surface area contributed by atoms with E-state index in [4.69, 9.17) is 21.1 Å². The molecule has 1 unspecified atom stereocenters. The molecule has 0 saturated carbocycles. The highest BCUT2D eigenvalue weighted by molar-refractivity contribution is 6.33. The molecule has 120 valence electrons. The van der Waals surface area contributed by atoms with Crippen LogP contribution in [0, 0.1) is 0 Å². The molecule has 21 heavy (non-hydrogen) atoms. The first-order valence-corrected chi connectivity index (χ1v) is 8.18. The highest BCUT2D eigenvalue weighted by Crippen LogP contribution is 2.37. The van der Waals surface area contributed by atoms with Crippen LogP contribution in [0.3, 0.4) is 0 Å². The maximum Gasteiger partial charge on any atom is 0.179 e. The van der Waals surface area contributed by atoms with Crippen LogP contribution in [0.4, 0.5) is 0 Å². The van der Waals surface area contributed by atoms with Crippen molar-refractivity contribution in [3.8, 4) is 11.5 Å². The van der Waals surface area contributed by atoms with Gasteiger partial charge < -0.3 is 14.8 Å². The molecule has 1 N–H and O–H groups in total. The summed E-state index contributed by atoms with van der Waals surface area (Å²) in [5, 5.41) is 4.25. The van der Waals surface area contributed by atoms with Crippen LogP contribution < -0.4 is 14.8 Å². The summed E-state index contributed by atoms with van der Waals surface area (Å²) in [6.07, 6.45) is 6.11.